The molecule has 0 aliphatic heterocycles. The summed E-state index contributed by atoms with van der Waals surface area (Å²) < 4.78 is 5.17. The highest BCUT2D eigenvalue weighted by molar-refractivity contribution is 6.30. The Morgan fingerprint density at radius 1 is 0.963 bits per heavy atom. The van der Waals surface area contributed by atoms with E-state index < -0.39 is 0 Å². The minimum atomic E-state index is -0.290. The average molecular weight is 389 g/mol. The van der Waals surface area contributed by atoms with Crippen molar-refractivity contribution in [2.45, 2.75) is 26.2 Å². The van der Waals surface area contributed by atoms with E-state index in [9.17, 15) is 9.59 Å². The first-order valence-electron chi connectivity index (χ1n) is 8.92. The van der Waals surface area contributed by atoms with Gasteiger partial charge in [-0.3, -0.25) is 9.59 Å². The van der Waals surface area contributed by atoms with Gasteiger partial charge >= 0.3 is 0 Å². The lowest BCUT2D eigenvalue weighted by Crippen LogP contribution is -2.31. The molecule has 2 aromatic rings. The summed E-state index contributed by atoms with van der Waals surface area (Å²) in [6, 6.07) is 15.2. The lowest BCUT2D eigenvalue weighted by molar-refractivity contribution is -0.128. The molecule has 0 aromatic heterocycles. The van der Waals surface area contributed by atoms with Crippen molar-refractivity contribution in [1.29, 1.82) is 0 Å². The van der Waals surface area contributed by atoms with Crippen LogP contribution in [0.2, 0.25) is 5.02 Å². The fourth-order valence-corrected chi connectivity index (χ4v) is 2.56. The first kappa shape index (κ1) is 20.9. The van der Waals surface area contributed by atoms with Gasteiger partial charge in [0.1, 0.15) is 13.2 Å². The van der Waals surface area contributed by atoms with Crippen molar-refractivity contribution in [3.8, 4) is 0 Å². The van der Waals surface area contributed by atoms with Gasteiger partial charge < -0.3 is 15.4 Å². The third kappa shape index (κ3) is 7.81. The molecule has 2 rings (SSSR count). The van der Waals surface area contributed by atoms with Crippen molar-refractivity contribution in [2.75, 3.05) is 25.1 Å². The van der Waals surface area contributed by atoms with E-state index >= 15 is 0 Å². The zero-order valence-electron chi connectivity index (χ0n) is 15.6. The fourth-order valence-electron chi connectivity index (χ4n) is 2.43. The Bertz CT molecular complexity index is 743. The maximum atomic E-state index is 11.9. The minimum Gasteiger partial charge on any atom is -0.362 e. The van der Waals surface area contributed by atoms with Crippen molar-refractivity contribution < 1.29 is 14.3 Å². The predicted molar refractivity (Wildman–Crippen MR) is 108 cm³/mol. The van der Waals surface area contributed by atoms with E-state index in [4.69, 9.17) is 16.3 Å². The first-order valence-corrected chi connectivity index (χ1v) is 9.30. The van der Waals surface area contributed by atoms with Crippen molar-refractivity contribution in [3.05, 3.63) is 64.7 Å². The first-order chi connectivity index (χ1) is 12.9. The number of halogens is 1. The molecule has 27 heavy (non-hydrogen) atoms. The van der Waals surface area contributed by atoms with Crippen LogP contribution in [-0.2, 0) is 20.7 Å². The number of anilines is 1. The third-order valence-corrected chi connectivity index (χ3v) is 4.23. The van der Waals surface area contributed by atoms with Crippen LogP contribution in [0.4, 0.5) is 5.69 Å². The molecule has 0 unspecified atom stereocenters. The second-order valence-corrected chi connectivity index (χ2v) is 6.98. The summed E-state index contributed by atoms with van der Waals surface area (Å²) in [6.07, 6.45) is 0.704. The van der Waals surface area contributed by atoms with Crippen molar-refractivity contribution >= 4 is 29.1 Å². The number of nitrogens with one attached hydrogen (secondary N) is 2. The molecule has 144 valence electrons. The summed E-state index contributed by atoms with van der Waals surface area (Å²) in [7, 11) is 0. The smallest absolute Gasteiger partial charge is 0.250 e. The zero-order valence-corrected chi connectivity index (χ0v) is 16.4. The number of carbonyl (C=O) groups excluding carboxylic acids is 2. The molecule has 0 spiro atoms. The SMILES string of the molecule is CC(C)c1ccc(NC(=O)COCC(=O)NCCc2ccc(Cl)cc2)cc1. The van der Waals surface area contributed by atoms with E-state index in [1.807, 2.05) is 48.5 Å². The summed E-state index contributed by atoms with van der Waals surface area (Å²) in [5, 5.41) is 6.19. The van der Waals surface area contributed by atoms with Crippen molar-refractivity contribution in [2.24, 2.45) is 0 Å². The maximum Gasteiger partial charge on any atom is 0.250 e. The van der Waals surface area contributed by atoms with Crippen LogP contribution in [0.25, 0.3) is 0 Å². The van der Waals surface area contributed by atoms with Crippen LogP contribution >= 0.6 is 11.6 Å². The van der Waals surface area contributed by atoms with E-state index in [0.717, 1.165) is 5.56 Å². The lowest BCUT2D eigenvalue weighted by atomic mass is 10.0. The molecule has 0 aliphatic carbocycles. The third-order valence-electron chi connectivity index (χ3n) is 3.98. The molecule has 0 fully saturated rings. The van der Waals surface area contributed by atoms with Gasteiger partial charge in [-0.2, -0.15) is 0 Å². The Balaban J connectivity index is 1.61. The van der Waals surface area contributed by atoms with E-state index in [-0.39, 0.29) is 25.0 Å². The number of hydrogen-bond acceptors (Lipinski definition) is 3. The molecular weight excluding hydrogens is 364 g/mol. The number of rotatable bonds is 9. The Labute approximate surface area is 165 Å². The molecule has 0 saturated carbocycles. The molecule has 5 nitrogen and oxygen atoms in total. The van der Waals surface area contributed by atoms with Gasteiger partial charge in [0.05, 0.1) is 0 Å². The van der Waals surface area contributed by atoms with Gasteiger partial charge in [-0.1, -0.05) is 49.7 Å². The Kier molecular flexibility index (Phi) is 8.30. The highest BCUT2D eigenvalue weighted by Gasteiger charge is 2.06. The van der Waals surface area contributed by atoms with Gasteiger partial charge in [-0.05, 0) is 47.7 Å². The highest BCUT2D eigenvalue weighted by Crippen LogP contribution is 2.17. The van der Waals surface area contributed by atoms with Gasteiger partial charge in [0.15, 0.2) is 0 Å². The van der Waals surface area contributed by atoms with E-state index in [1.54, 1.807) is 0 Å². The second kappa shape index (κ2) is 10.7. The Hall–Kier alpha value is -2.37. The van der Waals surface area contributed by atoms with E-state index in [0.29, 0.717) is 29.6 Å². The monoisotopic (exact) mass is 388 g/mol. The molecule has 0 aliphatic rings. The summed E-state index contributed by atoms with van der Waals surface area (Å²) in [4.78, 5) is 23.6. The lowest BCUT2D eigenvalue weighted by Gasteiger charge is -2.09. The van der Waals surface area contributed by atoms with Crippen molar-refractivity contribution in [3.63, 3.8) is 0 Å². The molecule has 0 atom stereocenters. The van der Waals surface area contributed by atoms with Crippen LogP contribution in [0.15, 0.2) is 48.5 Å². The fraction of sp³-hybridized carbons (Fsp3) is 0.333. The van der Waals surface area contributed by atoms with Gasteiger partial charge in [0.25, 0.3) is 0 Å². The molecule has 0 radical (unpaired) electrons. The topological polar surface area (TPSA) is 67.4 Å². The number of carbonyl (C=O) groups is 2. The average Bonchev–Trinajstić information content (AvgIpc) is 2.64. The molecule has 2 aromatic carbocycles. The number of amides is 2. The van der Waals surface area contributed by atoms with Gasteiger partial charge in [-0.15, -0.1) is 0 Å². The maximum absolute atomic E-state index is 11.9. The van der Waals surface area contributed by atoms with Gasteiger partial charge in [0, 0.05) is 17.3 Å². The molecule has 0 heterocycles. The summed E-state index contributed by atoms with van der Waals surface area (Å²) in [5.41, 5.74) is 3.00. The van der Waals surface area contributed by atoms with Crippen LogP contribution in [0.1, 0.15) is 30.9 Å². The Morgan fingerprint density at radius 2 is 1.59 bits per heavy atom. The summed E-state index contributed by atoms with van der Waals surface area (Å²) in [6.45, 7) is 4.40. The second-order valence-electron chi connectivity index (χ2n) is 6.54. The molecule has 2 amide bonds. The quantitative estimate of drug-likeness (QED) is 0.687. The predicted octanol–water partition coefficient (Wildman–Crippen LogP) is 3.78. The van der Waals surface area contributed by atoms with Crippen LogP contribution in [0, 0.1) is 0 Å². The van der Waals surface area contributed by atoms with E-state index in [1.165, 1.54) is 5.56 Å². The largest absolute Gasteiger partial charge is 0.362 e. The number of ether oxygens (including phenoxy) is 1. The minimum absolute atomic E-state index is 0.152. The normalized spacial score (nSPS) is 10.7. The standard InChI is InChI=1S/C21H25ClN2O3/c1-15(2)17-5-9-19(10-6-17)24-21(26)14-27-13-20(25)23-12-11-16-3-7-18(22)8-4-16/h3-10,15H,11-14H2,1-2H3,(H,23,25)(H,24,26). The Morgan fingerprint density at radius 3 is 2.22 bits per heavy atom. The summed E-state index contributed by atoms with van der Waals surface area (Å²) >= 11 is 5.83. The van der Waals surface area contributed by atoms with Crippen LogP contribution < -0.4 is 10.6 Å². The molecule has 0 saturated heterocycles. The van der Waals surface area contributed by atoms with Gasteiger partial charge in [0.2, 0.25) is 11.8 Å². The van der Waals surface area contributed by atoms with E-state index in [2.05, 4.69) is 24.5 Å². The molecule has 6 heteroatoms. The molecule has 2 N–H and O–H groups in total. The summed E-state index contributed by atoms with van der Waals surface area (Å²) in [5.74, 6) is -0.101. The molecular formula is C21H25ClN2O3. The van der Waals surface area contributed by atoms with Gasteiger partial charge in [-0.25, -0.2) is 0 Å². The van der Waals surface area contributed by atoms with Crippen LogP contribution in [0.3, 0.4) is 0 Å². The number of hydrogen-bond donors (Lipinski definition) is 2. The zero-order chi connectivity index (χ0) is 19.6. The number of benzene rings is 2. The van der Waals surface area contributed by atoms with Crippen LogP contribution in [0.5, 0.6) is 0 Å². The van der Waals surface area contributed by atoms with Crippen LogP contribution in [-0.4, -0.2) is 31.6 Å². The van der Waals surface area contributed by atoms with Crippen molar-refractivity contribution in [1.82, 2.24) is 5.32 Å². The molecule has 0 bridgehead atoms. The highest BCUT2D eigenvalue weighted by atomic mass is 35.5.